The minimum Gasteiger partial charge on any atom is -0.459 e. The van der Waals surface area contributed by atoms with Crippen LogP contribution in [0.25, 0.3) is 0 Å². The summed E-state index contributed by atoms with van der Waals surface area (Å²) >= 11 is 5.56. The third-order valence-corrected chi connectivity index (χ3v) is 4.62. The average molecular weight is 369 g/mol. The Labute approximate surface area is 155 Å². The lowest BCUT2D eigenvalue weighted by Gasteiger charge is -2.45. The number of esters is 1. The highest BCUT2D eigenvalue weighted by Crippen LogP contribution is 2.30. The second-order valence-corrected chi connectivity index (χ2v) is 8.40. The number of aliphatic hydroxyl groups excluding tert-OH is 1. The maximum Gasteiger partial charge on any atom is 0.338 e. The minimum absolute atomic E-state index is 0.0657. The molecule has 0 bridgehead atoms. The molecule has 0 amide bonds. The van der Waals surface area contributed by atoms with Gasteiger partial charge in [0, 0.05) is 36.2 Å². The van der Waals surface area contributed by atoms with Crippen LogP contribution in [-0.4, -0.2) is 46.8 Å². The number of hydrogen-bond donors (Lipinski definition) is 3. The Hall–Kier alpha value is -1.30. The van der Waals surface area contributed by atoms with Gasteiger partial charge in [0.25, 0.3) is 0 Å². The number of hydrogen-bond acceptors (Lipinski definition) is 5. The van der Waals surface area contributed by atoms with Gasteiger partial charge in [0.05, 0.1) is 17.5 Å². The molecule has 0 radical (unpaired) electrons. The van der Waals surface area contributed by atoms with Crippen LogP contribution in [0.3, 0.4) is 0 Å². The second-order valence-electron chi connectivity index (χ2n) is 8.09. The zero-order chi connectivity index (χ0) is 18.7. The first-order valence-electron chi connectivity index (χ1n) is 8.68. The molecule has 5 nitrogen and oxygen atoms in total. The SMILES string of the molecule is CC1(C)CC(OC(=O)c2ccc(NCC(O)CCl)cc2)CC(C)(C)N1. The number of carbonyl (C=O) groups excluding carboxylic acids is 1. The number of halogens is 1. The van der Waals surface area contributed by atoms with Crippen molar-refractivity contribution in [2.75, 3.05) is 17.7 Å². The minimum atomic E-state index is -0.599. The van der Waals surface area contributed by atoms with Gasteiger partial charge in [-0.15, -0.1) is 11.6 Å². The first kappa shape index (κ1) is 20.0. The second kappa shape index (κ2) is 7.94. The number of rotatable bonds is 6. The smallest absolute Gasteiger partial charge is 0.338 e. The third kappa shape index (κ3) is 6.17. The number of benzene rings is 1. The van der Waals surface area contributed by atoms with Crippen LogP contribution >= 0.6 is 11.6 Å². The molecule has 1 aromatic rings. The van der Waals surface area contributed by atoms with Gasteiger partial charge in [0.1, 0.15) is 6.10 Å². The predicted molar refractivity (Wildman–Crippen MR) is 101 cm³/mol. The molecule has 0 aromatic heterocycles. The van der Waals surface area contributed by atoms with Crippen LogP contribution in [0.15, 0.2) is 24.3 Å². The fourth-order valence-corrected chi connectivity index (χ4v) is 3.65. The monoisotopic (exact) mass is 368 g/mol. The Morgan fingerprint density at radius 2 is 1.84 bits per heavy atom. The molecule has 25 heavy (non-hydrogen) atoms. The molecule has 1 aliphatic heterocycles. The van der Waals surface area contributed by atoms with E-state index in [4.69, 9.17) is 16.3 Å². The first-order chi connectivity index (χ1) is 11.6. The Morgan fingerprint density at radius 1 is 1.28 bits per heavy atom. The maximum atomic E-state index is 12.4. The summed E-state index contributed by atoms with van der Waals surface area (Å²) < 4.78 is 5.75. The molecule has 1 aliphatic rings. The van der Waals surface area contributed by atoms with Crippen LogP contribution in [0.1, 0.15) is 50.9 Å². The molecule has 1 aromatic carbocycles. The molecule has 140 valence electrons. The van der Waals surface area contributed by atoms with E-state index in [0.29, 0.717) is 12.1 Å². The Bertz CT molecular complexity index is 571. The van der Waals surface area contributed by atoms with Gasteiger partial charge in [-0.3, -0.25) is 0 Å². The standard InChI is InChI=1S/C19H29ClN2O3/c1-18(2)9-16(10-19(3,4)22-18)25-17(24)13-5-7-14(8-6-13)21-12-15(23)11-20/h5-8,15-16,21-23H,9-12H2,1-4H3. The van der Waals surface area contributed by atoms with Crippen LogP contribution < -0.4 is 10.6 Å². The third-order valence-electron chi connectivity index (χ3n) is 4.27. The van der Waals surface area contributed by atoms with Gasteiger partial charge in [-0.05, 0) is 52.0 Å². The lowest BCUT2D eigenvalue weighted by atomic mass is 9.81. The van der Waals surface area contributed by atoms with E-state index < -0.39 is 6.10 Å². The summed E-state index contributed by atoms with van der Waals surface area (Å²) in [4.78, 5) is 12.4. The van der Waals surface area contributed by atoms with Crippen LogP contribution in [-0.2, 0) is 4.74 Å². The molecular formula is C19H29ClN2O3. The number of piperidine rings is 1. The van der Waals surface area contributed by atoms with Crippen molar-refractivity contribution >= 4 is 23.3 Å². The fraction of sp³-hybridized carbons (Fsp3) is 0.632. The van der Waals surface area contributed by atoms with E-state index in [0.717, 1.165) is 18.5 Å². The summed E-state index contributed by atoms with van der Waals surface area (Å²) in [6.45, 7) is 8.89. The number of carbonyl (C=O) groups is 1. The van der Waals surface area contributed by atoms with Crippen molar-refractivity contribution < 1.29 is 14.6 Å². The molecule has 1 unspecified atom stereocenters. The summed E-state index contributed by atoms with van der Waals surface area (Å²) in [6.07, 6.45) is 0.879. The van der Waals surface area contributed by atoms with E-state index in [9.17, 15) is 9.90 Å². The Kier molecular flexibility index (Phi) is 6.35. The van der Waals surface area contributed by atoms with E-state index in [1.165, 1.54) is 0 Å². The lowest BCUT2D eigenvalue weighted by Crippen LogP contribution is -2.59. The number of aliphatic hydroxyl groups is 1. The highest BCUT2D eigenvalue weighted by atomic mass is 35.5. The number of alkyl halides is 1. The molecule has 1 atom stereocenters. The van der Waals surface area contributed by atoms with Gasteiger partial charge in [0.15, 0.2) is 0 Å². The largest absolute Gasteiger partial charge is 0.459 e. The topological polar surface area (TPSA) is 70.6 Å². The van der Waals surface area contributed by atoms with Crippen molar-refractivity contribution in [3.63, 3.8) is 0 Å². The molecule has 2 rings (SSSR count). The fourth-order valence-electron chi connectivity index (χ4n) is 3.55. The molecule has 3 N–H and O–H groups in total. The predicted octanol–water partition coefficient (Wildman–Crippen LogP) is 3.16. The highest BCUT2D eigenvalue weighted by Gasteiger charge is 2.39. The summed E-state index contributed by atoms with van der Waals surface area (Å²) in [5.74, 6) is -0.119. The van der Waals surface area contributed by atoms with Gasteiger partial charge < -0.3 is 20.5 Å². The van der Waals surface area contributed by atoms with Crippen LogP contribution in [0, 0.1) is 0 Å². The van der Waals surface area contributed by atoms with Crippen LogP contribution in [0.2, 0.25) is 0 Å². The molecule has 0 spiro atoms. The van der Waals surface area contributed by atoms with E-state index >= 15 is 0 Å². The quantitative estimate of drug-likeness (QED) is 0.531. The van der Waals surface area contributed by atoms with Gasteiger partial charge in [0.2, 0.25) is 0 Å². The molecule has 1 saturated heterocycles. The van der Waals surface area contributed by atoms with Crippen LogP contribution in [0.5, 0.6) is 0 Å². The first-order valence-corrected chi connectivity index (χ1v) is 9.22. The van der Waals surface area contributed by atoms with Gasteiger partial charge in [-0.1, -0.05) is 0 Å². The van der Waals surface area contributed by atoms with Gasteiger partial charge in [-0.2, -0.15) is 0 Å². The van der Waals surface area contributed by atoms with Crippen molar-refractivity contribution in [1.29, 1.82) is 0 Å². The van der Waals surface area contributed by atoms with Gasteiger partial charge >= 0.3 is 5.97 Å². The average Bonchev–Trinajstić information content (AvgIpc) is 2.49. The number of anilines is 1. The van der Waals surface area contributed by atoms with Gasteiger partial charge in [-0.25, -0.2) is 4.79 Å². The summed E-state index contributed by atoms with van der Waals surface area (Å²) in [5, 5.41) is 16.1. The molecule has 0 saturated carbocycles. The normalized spacial score (nSPS) is 20.7. The zero-order valence-corrected chi connectivity index (χ0v) is 16.2. The molecule has 0 aliphatic carbocycles. The Balaban J connectivity index is 1.94. The number of ether oxygens (including phenoxy) is 1. The summed E-state index contributed by atoms with van der Waals surface area (Å²) in [7, 11) is 0. The van der Waals surface area contributed by atoms with Crippen molar-refractivity contribution in [2.45, 2.75) is 63.8 Å². The molecule has 1 heterocycles. The Morgan fingerprint density at radius 3 is 2.36 bits per heavy atom. The van der Waals surface area contributed by atoms with Crippen molar-refractivity contribution in [2.24, 2.45) is 0 Å². The van der Waals surface area contributed by atoms with E-state index in [1.807, 2.05) is 0 Å². The van der Waals surface area contributed by atoms with Crippen molar-refractivity contribution in [1.82, 2.24) is 5.32 Å². The van der Waals surface area contributed by atoms with E-state index in [-0.39, 0.29) is 29.0 Å². The maximum absolute atomic E-state index is 12.4. The summed E-state index contributed by atoms with van der Waals surface area (Å²) in [5.41, 5.74) is 1.22. The molecular weight excluding hydrogens is 340 g/mol. The highest BCUT2D eigenvalue weighted by molar-refractivity contribution is 6.18. The van der Waals surface area contributed by atoms with E-state index in [1.54, 1.807) is 24.3 Å². The van der Waals surface area contributed by atoms with Crippen molar-refractivity contribution in [3.8, 4) is 0 Å². The lowest BCUT2D eigenvalue weighted by molar-refractivity contribution is -0.00637. The summed E-state index contributed by atoms with van der Waals surface area (Å²) in [6, 6.07) is 7.06. The molecule has 6 heteroatoms. The zero-order valence-electron chi connectivity index (χ0n) is 15.4. The number of nitrogens with one attached hydrogen (secondary N) is 2. The van der Waals surface area contributed by atoms with Crippen LogP contribution in [0.4, 0.5) is 5.69 Å². The van der Waals surface area contributed by atoms with Crippen molar-refractivity contribution in [3.05, 3.63) is 29.8 Å². The molecule has 1 fully saturated rings. The van der Waals surface area contributed by atoms with E-state index in [2.05, 4.69) is 38.3 Å².